The molecule has 0 spiro atoms. The fraction of sp³-hybridized carbons (Fsp3) is 0. The molecule has 15 heteroatoms. The van der Waals surface area contributed by atoms with E-state index in [2.05, 4.69) is 41.8 Å². The van der Waals surface area contributed by atoms with Gasteiger partial charge in [-0.1, -0.05) is 0 Å². The van der Waals surface area contributed by atoms with E-state index in [0.29, 0.717) is 7.83 Å². The summed E-state index contributed by atoms with van der Waals surface area (Å²) in [5, 5.41) is 20.2. The molecular weight excluding hydrogens is 682 g/mol. The molecular formula is C6H4Br2Cl2N4O4PtS2+2. The third-order valence-electron chi connectivity index (χ3n) is 1.37. The number of rotatable bonds is 2. The SMILES string of the molecule is O=[N+]([O-])c1c[nH]c(Br)[s+]1.O=[N+]([O-])c1c[nH]c(Br)[s+]1.[Cl][Pt][Cl]. The van der Waals surface area contributed by atoms with Gasteiger partial charge in [0, 0.05) is 31.9 Å². The number of nitrogens with one attached hydrogen (secondary N) is 2. The van der Waals surface area contributed by atoms with Crippen LogP contribution in [0.1, 0.15) is 0 Å². The van der Waals surface area contributed by atoms with Gasteiger partial charge in [-0.25, -0.2) is 0 Å². The van der Waals surface area contributed by atoms with Gasteiger partial charge >= 0.3 is 75.8 Å². The molecule has 0 fully saturated rings. The third-order valence-corrected chi connectivity index (χ3v) is 4.34. The zero-order valence-electron chi connectivity index (χ0n) is 9.33. The second kappa shape index (κ2) is 11.8. The Balaban J connectivity index is 0.000000322. The maximum atomic E-state index is 9.99. The summed E-state index contributed by atoms with van der Waals surface area (Å²) in [7, 11) is 9.75. The standard InChI is InChI=1S/2C3H2BrN2O2S.2ClH.Pt/c2*4-3-5-1-2(9-3)6(7)8;;;/h2*1,5H;2*1H;/q2*+1;;;+2/p-2. The van der Waals surface area contributed by atoms with Gasteiger partial charge in [-0.05, 0) is 0 Å². The molecule has 2 aromatic heterocycles. The van der Waals surface area contributed by atoms with E-state index in [0.717, 1.165) is 22.7 Å². The molecule has 120 valence electrons. The number of aromatic amines is 2. The number of nitro groups is 2. The number of aromatic nitrogens is 2. The van der Waals surface area contributed by atoms with Gasteiger partial charge in [0.05, 0.1) is 0 Å². The Labute approximate surface area is 158 Å². The van der Waals surface area contributed by atoms with Crippen LogP contribution in [0.2, 0.25) is 0 Å². The monoisotopic (exact) mass is 683 g/mol. The van der Waals surface area contributed by atoms with Crippen LogP contribution >= 0.6 is 73.4 Å². The van der Waals surface area contributed by atoms with Crippen molar-refractivity contribution in [1.29, 1.82) is 0 Å². The Bertz CT molecular complexity index is 551. The summed E-state index contributed by atoms with van der Waals surface area (Å²) < 4.78 is 1.32. The molecule has 0 aliphatic carbocycles. The van der Waals surface area contributed by atoms with Crippen molar-refractivity contribution in [3.05, 3.63) is 40.5 Å². The summed E-state index contributed by atoms with van der Waals surface area (Å²) in [6.07, 6.45) is 2.68. The maximum absolute atomic E-state index is 9.99. The molecule has 0 amide bonds. The molecule has 0 unspecified atom stereocenters. The van der Waals surface area contributed by atoms with E-state index < -0.39 is 26.3 Å². The van der Waals surface area contributed by atoms with Gasteiger partial charge < -0.3 is 0 Å². The predicted octanol–water partition coefficient (Wildman–Crippen LogP) is 5.43. The third kappa shape index (κ3) is 9.82. The summed E-state index contributed by atoms with van der Waals surface area (Å²) in [5.74, 6) is 0. The molecule has 0 aliphatic rings. The van der Waals surface area contributed by atoms with Crippen LogP contribution in [-0.2, 0) is 16.5 Å². The summed E-state index contributed by atoms with van der Waals surface area (Å²) in [6.45, 7) is 0. The van der Waals surface area contributed by atoms with Crippen molar-refractivity contribution in [2.45, 2.75) is 0 Å². The first-order chi connectivity index (χ1) is 9.81. The molecule has 0 atom stereocenters. The second-order valence-electron chi connectivity index (χ2n) is 2.56. The quantitative estimate of drug-likeness (QED) is 0.249. The van der Waals surface area contributed by atoms with Crippen molar-refractivity contribution in [1.82, 2.24) is 9.97 Å². The Morgan fingerprint density at radius 3 is 1.38 bits per heavy atom. The Hall–Kier alpha value is 0.288. The van der Waals surface area contributed by atoms with E-state index in [1.54, 1.807) is 0 Å². The average Bonchev–Trinajstić information content (AvgIpc) is 3.00. The topological polar surface area (TPSA) is 118 Å². The van der Waals surface area contributed by atoms with Crippen molar-refractivity contribution < 1.29 is 26.3 Å². The number of nitrogens with zero attached hydrogens (tertiary/aromatic N) is 2. The number of halogens is 4. The summed E-state index contributed by atoms with van der Waals surface area (Å²) in [4.78, 5) is 24.4. The molecule has 0 saturated heterocycles. The van der Waals surface area contributed by atoms with Crippen LogP contribution in [-0.4, -0.2) is 19.8 Å². The Morgan fingerprint density at radius 1 is 1.00 bits per heavy atom. The van der Waals surface area contributed by atoms with Gasteiger partial charge in [-0.3, -0.25) is 30.2 Å². The van der Waals surface area contributed by atoms with E-state index in [9.17, 15) is 20.2 Å². The van der Waals surface area contributed by atoms with Gasteiger partial charge in [-0.15, -0.1) is 0 Å². The van der Waals surface area contributed by atoms with E-state index in [4.69, 9.17) is 18.8 Å². The molecule has 0 radical (unpaired) electrons. The van der Waals surface area contributed by atoms with Crippen molar-refractivity contribution in [3.63, 3.8) is 0 Å². The van der Waals surface area contributed by atoms with Crippen LogP contribution in [0.4, 0.5) is 10.0 Å². The first-order valence-corrected chi connectivity index (χ1v) is 13.1. The van der Waals surface area contributed by atoms with E-state index in [-0.39, 0.29) is 10.0 Å². The molecule has 0 aliphatic heterocycles. The molecule has 8 nitrogen and oxygen atoms in total. The summed E-state index contributed by atoms with van der Waals surface area (Å²) in [6, 6.07) is 0. The van der Waals surface area contributed by atoms with Crippen LogP contribution in [0.25, 0.3) is 0 Å². The normalized spacial score (nSPS) is 9.14. The van der Waals surface area contributed by atoms with Crippen molar-refractivity contribution in [3.8, 4) is 0 Å². The zero-order valence-corrected chi connectivity index (χ0v) is 17.9. The molecule has 2 N–H and O–H groups in total. The van der Waals surface area contributed by atoms with Crippen molar-refractivity contribution in [2.24, 2.45) is 0 Å². The first-order valence-electron chi connectivity index (χ1n) is 4.27. The Kier molecular flexibility index (Phi) is 12.0. The van der Waals surface area contributed by atoms with Gasteiger partial charge in [-0.2, -0.15) is 0 Å². The fourth-order valence-corrected chi connectivity index (χ4v) is 2.93. The minimum atomic E-state index is -0.472. The predicted molar refractivity (Wildman–Crippen MR) is 86.6 cm³/mol. The van der Waals surface area contributed by atoms with E-state index in [1.807, 2.05) is 0 Å². The number of thiazole rings is 2. The van der Waals surface area contributed by atoms with Crippen LogP contribution in [0.5, 0.6) is 0 Å². The summed E-state index contributed by atoms with van der Waals surface area (Å²) >= 11 is 7.76. The van der Waals surface area contributed by atoms with Crippen molar-refractivity contribution >= 4 is 83.4 Å². The van der Waals surface area contributed by atoms with Crippen LogP contribution in [0, 0.1) is 20.2 Å². The molecule has 0 bridgehead atoms. The van der Waals surface area contributed by atoms with Crippen LogP contribution in [0.15, 0.2) is 20.2 Å². The van der Waals surface area contributed by atoms with Gasteiger partial charge in [0.25, 0.3) is 0 Å². The molecule has 0 aromatic carbocycles. The second-order valence-corrected chi connectivity index (χ2v) is 10.5. The van der Waals surface area contributed by atoms with Gasteiger partial charge in [0.2, 0.25) is 0 Å². The minimum absolute atomic E-state index is 0.113. The van der Waals surface area contributed by atoms with Crippen LogP contribution < -0.4 is 0 Å². The molecule has 2 rings (SSSR count). The van der Waals surface area contributed by atoms with E-state index in [1.165, 1.54) is 12.4 Å². The summed E-state index contributed by atoms with van der Waals surface area (Å²) in [5.41, 5.74) is 0. The fourth-order valence-electron chi connectivity index (χ4n) is 0.718. The molecule has 0 saturated carbocycles. The number of hydrogen-bond acceptors (Lipinski definition) is 4. The average molecular weight is 686 g/mol. The Morgan fingerprint density at radius 2 is 1.29 bits per heavy atom. The van der Waals surface area contributed by atoms with Crippen LogP contribution in [0.3, 0.4) is 0 Å². The first kappa shape index (κ1) is 21.3. The number of hydrogen-bond donors (Lipinski definition) is 2. The molecule has 2 aromatic rings. The van der Waals surface area contributed by atoms with Gasteiger partial charge in [0.1, 0.15) is 22.2 Å². The van der Waals surface area contributed by atoms with Crippen molar-refractivity contribution in [2.75, 3.05) is 0 Å². The zero-order chi connectivity index (χ0) is 16.4. The number of H-pyrrole nitrogens is 2. The molecule has 21 heavy (non-hydrogen) atoms. The van der Waals surface area contributed by atoms with Gasteiger partial charge in [0.15, 0.2) is 0 Å². The van der Waals surface area contributed by atoms with E-state index >= 15 is 0 Å². The molecule has 2 heterocycles.